The van der Waals surface area contributed by atoms with Gasteiger partial charge < -0.3 is 14.7 Å². The summed E-state index contributed by atoms with van der Waals surface area (Å²) in [7, 11) is -2.18. The molecule has 2 aromatic heterocycles. The largest absolute Gasteiger partial charge is 0.488 e. The lowest BCUT2D eigenvalue weighted by Gasteiger charge is -2.36. The summed E-state index contributed by atoms with van der Waals surface area (Å²) < 4.78 is 36.9. The molecule has 1 aliphatic carbocycles. The Morgan fingerprint density at radius 3 is 2.50 bits per heavy atom. The van der Waals surface area contributed by atoms with Crippen molar-refractivity contribution in [3.05, 3.63) is 81.4 Å². The second kappa shape index (κ2) is 11.8. The number of carbonyl (C=O) groups is 1. The molecule has 2 aliphatic rings. The van der Waals surface area contributed by atoms with Gasteiger partial charge in [-0.2, -0.15) is 15.6 Å². The Balaban J connectivity index is 1.55. The van der Waals surface area contributed by atoms with Crippen LogP contribution in [0.5, 0.6) is 5.75 Å². The molecule has 42 heavy (non-hydrogen) atoms. The van der Waals surface area contributed by atoms with Gasteiger partial charge >= 0.3 is 5.97 Å². The maximum absolute atomic E-state index is 14.4. The summed E-state index contributed by atoms with van der Waals surface area (Å²) in [4.78, 5) is 15.1. The molecule has 6 rings (SSSR count). The van der Waals surface area contributed by atoms with Crippen LogP contribution in [0.2, 0.25) is 0 Å². The molecule has 2 aromatic carbocycles. The van der Waals surface area contributed by atoms with Gasteiger partial charge in [-0.05, 0) is 77.9 Å². The number of rotatable bonds is 7. The van der Waals surface area contributed by atoms with Crippen molar-refractivity contribution in [2.24, 2.45) is 5.92 Å². The number of likely N-dealkylation sites (N-methyl/N-ethyl adjacent to an activating group) is 1. The van der Waals surface area contributed by atoms with Gasteiger partial charge in [0.2, 0.25) is 10.0 Å². The summed E-state index contributed by atoms with van der Waals surface area (Å²) in [5, 5.41) is 13.8. The van der Waals surface area contributed by atoms with Crippen molar-refractivity contribution < 1.29 is 23.1 Å². The third-order valence-corrected chi connectivity index (χ3v) is 12.4. The molecule has 0 amide bonds. The molecule has 0 radical (unpaired) electrons. The molecular weight excluding hydrogens is 589 g/mol. The van der Waals surface area contributed by atoms with E-state index in [-0.39, 0.29) is 21.7 Å². The third-order valence-electron chi connectivity index (χ3n) is 8.46. The average molecular weight is 623 g/mol. The summed E-state index contributed by atoms with van der Waals surface area (Å²) in [6.07, 6.45) is 5.44. The third kappa shape index (κ3) is 5.48. The number of sulfonamides is 1. The van der Waals surface area contributed by atoms with Crippen LogP contribution in [0.25, 0.3) is 10.4 Å². The lowest BCUT2D eigenvalue weighted by atomic mass is 9.83. The summed E-state index contributed by atoms with van der Waals surface area (Å²) in [6, 6.07) is 17.1. The minimum atomic E-state index is -3.90. The number of hydrogen-bond acceptors (Lipinski definition) is 7. The monoisotopic (exact) mass is 622 g/mol. The number of ether oxygens (including phenoxy) is 1. The van der Waals surface area contributed by atoms with Gasteiger partial charge in [-0.25, -0.2) is 13.2 Å². The number of carboxylic acid groups (broad SMARTS) is 1. The van der Waals surface area contributed by atoms with Gasteiger partial charge in [0.25, 0.3) is 0 Å². The fourth-order valence-corrected chi connectivity index (χ4v) is 9.48. The van der Waals surface area contributed by atoms with E-state index in [1.54, 1.807) is 41.7 Å². The topological polar surface area (TPSA) is 87.2 Å². The predicted molar refractivity (Wildman–Crippen MR) is 169 cm³/mol. The van der Waals surface area contributed by atoms with Gasteiger partial charge in [-0.1, -0.05) is 37.5 Å². The zero-order valence-corrected chi connectivity index (χ0v) is 26.1. The molecule has 4 aromatic rings. The van der Waals surface area contributed by atoms with Crippen LogP contribution in [0.15, 0.2) is 70.3 Å². The van der Waals surface area contributed by atoms with Crippen molar-refractivity contribution in [3.8, 4) is 16.2 Å². The summed E-state index contributed by atoms with van der Waals surface area (Å²) in [6.45, 7) is 2.60. The van der Waals surface area contributed by atoms with E-state index in [2.05, 4.69) is 4.90 Å². The van der Waals surface area contributed by atoms with Gasteiger partial charge in [0, 0.05) is 41.8 Å². The second-order valence-corrected chi connectivity index (χ2v) is 14.9. The SMILES string of the molecule is Cc1cc(-c2cc3c(cc2OCc2ccsc2)N(c2ccccc2)C[C@@H](C2CCCCC2)N(C)S3(=O)=O)sc1C(=O)O. The lowest BCUT2D eigenvalue weighted by molar-refractivity contribution is 0.0701. The number of anilines is 2. The van der Waals surface area contributed by atoms with Gasteiger partial charge in [-0.15, -0.1) is 11.3 Å². The molecule has 220 valence electrons. The summed E-state index contributed by atoms with van der Waals surface area (Å²) >= 11 is 2.72. The normalized spacial score (nSPS) is 19.3. The highest BCUT2D eigenvalue weighted by Crippen LogP contribution is 2.47. The fourth-order valence-electron chi connectivity index (χ4n) is 6.19. The number of thiophene rings is 2. The summed E-state index contributed by atoms with van der Waals surface area (Å²) in [5.74, 6) is -0.212. The molecule has 1 fully saturated rings. The first-order chi connectivity index (χ1) is 20.2. The minimum absolute atomic E-state index is 0.191. The van der Waals surface area contributed by atoms with Crippen LogP contribution in [0.1, 0.15) is 52.9 Å². The van der Waals surface area contributed by atoms with Gasteiger partial charge in [0.15, 0.2) is 0 Å². The van der Waals surface area contributed by atoms with Crippen molar-refractivity contribution in [2.75, 3.05) is 18.5 Å². The number of aryl methyl sites for hydroxylation is 1. The minimum Gasteiger partial charge on any atom is -0.488 e. The second-order valence-electron chi connectivity index (χ2n) is 11.1. The molecule has 1 aliphatic heterocycles. The number of fused-ring (bicyclic) bond motifs is 1. The first-order valence-electron chi connectivity index (χ1n) is 14.2. The quantitative estimate of drug-likeness (QED) is 0.227. The first-order valence-corrected chi connectivity index (χ1v) is 17.4. The molecule has 1 N–H and O–H groups in total. The Kier molecular flexibility index (Phi) is 8.15. The number of nitrogens with zero attached hydrogens (tertiary/aromatic N) is 2. The maximum atomic E-state index is 14.4. The number of benzene rings is 2. The van der Waals surface area contributed by atoms with E-state index in [0.29, 0.717) is 40.6 Å². The van der Waals surface area contributed by atoms with Crippen molar-refractivity contribution in [1.82, 2.24) is 4.31 Å². The highest BCUT2D eigenvalue weighted by molar-refractivity contribution is 7.89. The Hall–Kier alpha value is -3.18. The van der Waals surface area contributed by atoms with E-state index >= 15 is 0 Å². The van der Waals surface area contributed by atoms with E-state index in [0.717, 1.165) is 48.3 Å². The lowest BCUT2D eigenvalue weighted by Crippen LogP contribution is -2.46. The molecule has 10 heteroatoms. The number of aromatic carboxylic acids is 1. The van der Waals surface area contributed by atoms with Crippen LogP contribution in [-0.4, -0.2) is 43.4 Å². The van der Waals surface area contributed by atoms with Gasteiger partial charge in [0.05, 0.1) is 5.69 Å². The number of hydrogen-bond donors (Lipinski definition) is 1. The number of para-hydroxylation sites is 1. The molecule has 7 nitrogen and oxygen atoms in total. The van der Waals surface area contributed by atoms with E-state index in [9.17, 15) is 18.3 Å². The van der Waals surface area contributed by atoms with Crippen molar-refractivity contribution >= 4 is 50.0 Å². The van der Waals surface area contributed by atoms with Crippen LogP contribution in [-0.2, 0) is 16.6 Å². The van der Waals surface area contributed by atoms with Crippen LogP contribution in [0.4, 0.5) is 11.4 Å². The smallest absolute Gasteiger partial charge is 0.346 e. The van der Waals surface area contributed by atoms with Crippen molar-refractivity contribution in [1.29, 1.82) is 0 Å². The van der Waals surface area contributed by atoms with Gasteiger partial charge in [0.1, 0.15) is 22.1 Å². The highest BCUT2D eigenvalue weighted by Gasteiger charge is 2.41. The summed E-state index contributed by atoms with van der Waals surface area (Å²) in [5.41, 5.74) is 3.71. The Morgan fingerprint density at radius 1 is 1.07 bits per heavy atom. The molecule has 1 atom stereocenters. The Morgan fingerprint density at radius 2 is 1.83 bits per heavy atom. The van der Waals surface area contributed by atoms with Crippen LogP contribution in [0.3, 0.4) is 0 Å². The van der Waals surface area contributed by atoms with E-state index in [1.165, 1.54) is 6.42 Å². The molecule has 0 bridgehead atoms. The van der Waals surface area contributed by atoms with E-state index in [4.69, 9.17) is 4.74 Å². The Labute approximate surface area is 255 Å². The maximum Gasteiger partial charge on any atom is 0.346 e. The van der Waals surface area contributed by atoms with Crippen molar-refractivity contribution in [2.45, 2.75) is 56.6 Å². The zero-order valence-electron chi connectivity index (χ0n) is 23.7. The van der Waals surface area contributed by atoms with Crippen molar-refractivity contribution in [3.63, 3.8) is 0 Å². The van der Waals surface area contributed by atoms with E-state index < -0.39 is 16.0 Å². The van der Waals surface area contributed by atoms with Crippen LogP contribution >= 0.6 is 22.7 Å². The molecular formula is C32H34N2O5S3. The van der Waals surface area contributed by atoms with Gasteiger partial charge in [-0.3, -0.25) is 0 Å². The van der Waals surface area contributed by atoms with Crippen LogP contribution in [0, 0.1) is 12.8 Å². The standard InChI is InChI=1S/C32H34N2O5S3/c1-21-15-29(41-31(21)32(35)36)25-16-30-26(17-28(25)39-19-22-13-14-40-20-22)34(24-11-7-4-8-12-24)18-27(33(2)42(30,37)38)23-9-5-3-6-10-23/h4,7-8,11-17,20,23,27H,3,5-6,9-10,18-19H2,1-2H3,(H,35,36)/t27-/m0/s1. The molecule has 0 spiro atoms. The zero-order chi connectivity index (χ0) is 29.4. The average Bonchev–Trinajstić information content (AvgIpc) is 3.65. The fraction of sp³-hybridized carbons (Fsp3) is 0.344. The highest BCUT2D eigenvalue weighted by atomic mass is 32.2. The van der Waals surface area contributed by atoms with Crippen LogP contribution < -0.4 is 9.64 Å². The Bertz CT molecular complexity index is 1680. The predicted octanol–water partition coefficient (Wildman–Crippen LogP) is 7.78. The van der Waals surface area contributed by atoms with E-state index in [1.807, 2.05) is 53.2 Å². The molecule has 0 saturated heterocycles. The molecule has 3 heterocycles. The first kappa shape index (κ1) is 28.9. The number of carboxylic acids is 1. The molecule has 0 unspecified atom stereocenters. The molecule has 1 saturated carbocycles.